The van der Waals surface area contributed by atoms with E-state index in [9.17, 15) is 14.4 Å². The zero-order chi connectivity index (χ0) is 18.4. The van der Waals surface area contributed by atoms with Gasteiger partial charge in [-0.25, -0.2) is 4.79 Å². The first-order chi connectivity index (χ1) is 11.9. The van der Waals surface area contributed by atoms with Crippen LogP contribution < -0.4 is 16.4 Å². The van der Waals surface area contributed by atoms with Gasteiger partial charge in [0, 0.05) is 20.0 Å². The number of fused-ring (bicyclic) bond motifs is 1. The van der Waals surface area contributed by atoms with Gasteiger partial charge in [-0.3, -0.25) is 14.2 Å². The van der Waals surface area contributed by atoms with Crippen molar-refractivity contribution in [1.29, 1.82) is 0 Å². The Morgan fingerprint density at radius 1 is 1.24 bits per heavy atom. The Balaban J connectivity index is 1.92. The van der Waals surface area contributed by atoms with Crippen molar-refractivity contribution in [2.24, 2.45) is 5.92 Å². The molecule has 1 atom stereocenters. The second kappa shape index (κ2) is 8.50. The van der Waals surface area contributed by atoms with E-state index in [0.717, 1.165) is 5.52 Å². The second-order valence-electron chi connectivity index (χ2n) is 6.45. The smallest absolute Gasteiger partial charge is 0.408 e. The summed E-state index contributed by atoms with van der Waals surface area (Å²) in [4.78, 5) is 35.9. The zero-order valence-electron chi connectivity index (χ0n) is 14.9. The molecule has 0 bridgehead atoms. The van der Waals surface area contributed by atoms with Crippen molar-refractivity contribution in [2.75, 3.05) is 7.05 Å². The number of aryl methyl sites for hydroxylation is 1. The average molecular weight is 347 g/mol. The SMILES string of the molecule is CNC(=O)[C@H](CC(C)C)NC(=O)CCCn1c(=O)oc2ccccc21. The molecule has 1 aromatic carbocycles. The summed E-state index contributed by atoms with van der Waals surface area (Å²) in [6, 6.07) is 6.65. The number of oxazole rings is 1. The monoisotopic (exact) mass is 347 g/mol. The molecule has 2 rings (SSSR count). The number of likely N-dealkylation sites (N-methyl/N-ethyl adjacent to an activating group) is 1. The Kier molecular flexibility index (Phi) is 6.38. The van der Waals surface area contributed by atoms with Crippen molar-refractivity contribution in [3.8, 4) is 0 Å². The third-order valence-electron chi connectivity index (χ3n) is 3.96. The number of hydrogen-bond acceptors (Lipinski definition) is 4. The molecular formula is C18H25N3O4. The Labute approximate surface area is 146 Å². The van der Waals surface area contributed by atoms with Crippen LogP contribution in [-0.4, -0.2) is 29.5 Å². The standard InChI is InChI=1S/C18H25N3O4/c1-12(2)11-13(17(23)19-3)20-16(22)9-6-10-21-14-7-4-5-8-15(14)25-18(21)24/h4-5,7-8,12-13H,6,9-11H2,1-3H3,(H,19,23)(H,20,22)/t13-/m0/s1. The maximum atomic E-state index is 12.1. The molecule has 1 heterocycles. The normalized spacial score (nSPS) is 12.3. The minimum absolute atomic E-state index is 0.195. The predicted octanol–water partition coefficient (Wildman–Crippen LogP) is 1.65. The number of aromatic nitrogens is 1. The quantitative estimate of drug-likeness (QED) is 0.759. The summed E-state index contributed by atoms with van der Waals surface area (Å²) in [5.41, 5.74) is 1.25. The van der Waals surface area contributed by atoms with Crippen LogP contribution in [0.25, 0.3) is 11.1 Å². The number of benzene rings is 1. The highest BCUT2D eigenvalue weighted by molar-refractivity contribution is 5.87. The van der Waals surface area contributed by atoms with Crippen molar-refractivity contribution in [2.45, 2.75) is 45.7 Å². The lowest BCUT2D eigenvalue weighted by Gasteiger charge is -2.19. The van der Waals surface area contributed by atoms with Crippen LogP contribution in [0.2, 0.25) is 0 Å². The highest BCUT2D eigenvalue weighted by Gasteiger charge is 2.20. The molecule has 7 heteroatoms. The Morgan fingerprint density at radius 2 is 1.96 bits per heavy atom. The molecular weight excluding hydrogens is 322 g/mol. The largest absolute Gasteiger partial charge is 0.419 e. The van der Waals surface area contributed by atoms with E-state index in [4.69, 9.17) is 4.42 Å². The Bertz CT molecular complexity index is 791. The topological polar surface area (TPSA) is 93.3 Å². The lowest BCUT2D eigenvalue weighted by Crippen LogP contribution is -2.46. The summed E-state index contributed by atoms with van der Waals surface area (Å²) in [6.07, 6.45) is 1.30. The van der Waals surface area contributed by atoms with Crippen molar-refractivity contribution in [3.05, 3.63) is 34.8 Å². The zero-order valence-corrected chi connectivity index (χ0v) is 14.9. The number of nitrogens with zero attached hydrogens (tertiary/aromatic N) is 1. The minimum atomic E-state index is -0.532. The van der Waals surface area contributed by atoms with Crippen molar-refractivity contribution in [3.63, 3.8) is 0 Å². The first kappa shape index (κ1) is 18.8. The van der Waals surface area contributed by atoms with Crippen LogP contribution in [0.1, 0.15) is 33.1 Å². The van der Waals surface area contributed by atoms with Gasteiger partial charge in [-0.15, -0.1) is 0 Å². The third kappa shape index (κ3) is 4.95. The number of rotatable bonds is 8. The summed E-state index contributed by atoms with van der Waals surface area (Å²) in [7, 11) is 1.55. The predicted molar refractivity (Wildman–Crippen MR) is 95.2 cm³/mol. The van der Waals surface area contributed by atoms with Crippen molar-refractivity contribution >= 4 is 22.9 Å². The summed E-state index contributed by atoms with van der Waals surface area (Å²) in [5.74, 6) is -0.530. The third-order valence-corrected chi connectivity index (χ3v) is 3.96. The molecule has 136 valence electrons. The molecule has 0 unspecified atom stereocenters. The highest BCUT2D eigenvalue weighted by Crippen LogP contribution is 2.12. The molecule has 2 N–H and O–H groups in total. The van der Waals surface area contributed by atoms with Gasteiger partial charge in [0.1, 0.15) is 6.04 Å². The average Bonchev–Trinajstić information content (AvgIpc) is 2.89. The van der Waals surface area contributed by atoms with Gasteiger partial charge in [-0.2, -0.15) is 0 Å². The van der Waals surface area contributed by atoms with Crippen LogP contribution in [0.4, 0.5) is 0 Å². The summed E-state index contributed by atoms with van der Waals surface area (Å²) < 4.78 is 6.69. The number of carbonyl (C=O) groups is 2. The van der Waals surface area contributed by atoms with Gasteiger partial charge in [-0.05, 0) is 30.9 Å². The highest BCUT2D eigenvalue weighted by atomic mass is 16.4. The van der Waals surface area contributed by atoms with Crippen molar-refractivity contribution < 1.29 is 14.0 Å². The van der Waals surface area contributed by atoms with Crippen LogP contribution in [0.3, 0.4) is 0 Å². The van der Waals surface area contributed by atoms with Crippen LogP contribution in [0.15, 0.2) is 33.5 Å². The summed E-state index contributed by atoms with van der Waals surface area (Å²) >= 11 is 0. The van der Waals surface area contributed by atoms with Gasteiger partial charge in [0.05, 0.1) is 5.52 Å². The fourth-order valence-corrected chi connectivity index (χ4v) is 2.77. The van der Waals surface area contributed by atoms with E-state index in [2.05, 4.69) is 10.6 Å². The first-order valence-electron chi connectivity index (χ1n) is 8.51. The van der Waals surface area contributed by atoms with Crippen LogP contribution in [-0.2, 0) is 16.1 Å². The fraction of sp³-hybridized carbons (Fsp3) is 0.500. The van der Waals surface area contributed by atoms with Gasteiger partial charge >= 0.3 is 5.76 Å². The van der Waals surface area contributed by atoms with Gasteiger partial charge in [-0.1, -0.05) is 26.0 Å². The maximum Gasteiger partial charge on any atom is 0.419 e. The Morgan fingerprint density at radius 3 is 2.64 bits per heavy atom. The van der Waals surface area contributed by atoms with Gasteiger partial charge in [0.2, 0.25) is 11.8 Å². The van der Waals surface area contributed by atoms with Gasteiger partial charge < -0.3 is 15.1 Å². The molecule has 2 aromatic rings. The Hall–Kier alpha value is -2.57. The number of carbonyl (C=O) groups excluding carboxylic acids is 2. The molecule has 0 spiro atoms. The van der Waals surface area contributed by atoms with Crippen LogP contribution in [0, 0.1) is 5.92 Å². The van der Waals surface area contributed by atoms with E-state index in [1.54, 1.807) is 19.2 Å². The molecule has 1 aromatic heterocycles. The molecule has 0 fully saturated rings. The molecule has 7 nitrogen and oxygen atoms in total. The number of para-hydroxylation sites is 2. The molecule has 0 aliphatic heterocycles. The van der Waals surface area contributed by atoms with E-state index in [0.29, 0.717) is 30.9 Å². The van der Waals surface area contributed by atoms with Gasteiger partial charge in [0.15, 0.2) is 5.58 Å². The van der Waals surface area contributed by atoms with Crippen LogP contribution in [0.5, 0.6) is 0 Å². The van der Waals surface area contributed by atoms with E-state index < -0.39 is 11.8 Å². The van der Waals surface area contributed by atoms with Gasteiger partial charge in [0.25, 0.3) is 0 Å². The second-order valence-corrected chi connectivity index (χ2v) is 6.45. The summed E-state index contributed by atoms with van der Waals surface area (Å²) in [5, 5.41) is 5.34. The van der Waals surface area contributed by atoms with E-state index in [1.165, 1.54) is 4.57 Å². The molecule has 0 aliphatic rings. The minimum Gasteiger partial charge on any atom is -0.408 e. The molecule has 0 aliphatic carbocycles. The number of hydrogen-bond donors (Lipinski definition) is 2. The molecule has 25 heavy (non-hydrogen) atoms. The van der Waals surface area contributed by atoms with E-state index >= 15 is 0 Å². The maximum absolute atomic E-state index is 12.1. The molecule has 2 amide bonds. The van der Waals surface area contributed by atoms with Crippen molar-refractivity contribution in [1.82, 2.24) is 15.2 Å². The molecule has 0 radical (unpaired) electrons. The number of nitrogens with one attached hydrogen (secondary N) is 2. The first-order valence-corrected chi connectivity index (χ1v) is 8.51. The fourth-order valence-electron chi connectivity index (χ4n) is 2.77. The molecule has 0 saturated carbocycles. The molecule has 0 saturated heterocycles. The number of amides is 2. The van der Waals surface area contributed by atoms with E-state index in [1.807, 2.05) is 26.0 Å². The van der Waals surface area contributed by atoms with Crippen LogP contribution >= 0.6 is 0 Å². The van der Waals surface area contributed by atoms with E-state index in [-0.39, 0.29) is 18.2 Å². The lowest BCUT2D eigenvalue weighted by atomic mass is 10.0. The lowest BCUT2D eigenvalue weighted by molar-refractivity contribution is -0.129. The summed E-state index contributed by atoms with van der Waals surface area (Å²) in [6.45, 7) is 4.38.